The fraction of sp³-hybridized carbons (Fsp3) is 0.333. The second kappa shape index (κ2) is 7.27. The summed E-state index contributed by atoms with van der Waals surface area (Å²) in [4.78, 5) is 22.3. The zero-order chi connectivity index (χ0) is 11.3. The van der Waals surface area contributed by atoms with E-state index in [1.807, 2.05) is 6.07 Å². The molecule has 0 N–H and O–H groups in total. The smallest absolute Gasteiger partial charge is 0.550 e. The second-order valence-corrected chi connectivity index (χ2v) is 3.42. The van der Waals surface area contributed by atoms with Crippen molar-refractivity contribution < 1.29 is 33.6 Å². The average molecular weight is 212 g/mol. The van der Waals surface area contributed by atoms with Gasteiger partial charge >= 0.3 is 18.9 Å². The first-order valence-electron chi connectivity index (χ1n) is 4.94. The molecule has 1 atom stereocenters. The molecule has 3 nitrogen and oxygen atoms in total. The molecule has 0 saturated carbocycles. The molecule has 0 aliphatic rings. The third-order valence-corrected chi connectivity index (χ3v) is 2.35. The van der Waals surface area contributed by atoms with E-state index in [9.17, 15) is 14.7 Å². The van der Waals surface area contributed by atoms with E-state index in [0.717, 1.165) is 0 Å². The largest absolute Gasteiger partial charge is 1.00 e. The Balaban J connectivity index is 0.00000225. The Morgan fingerprint density at radius 3 is 2.25 bits per heavy atom. The van der Waals surface area contributed by atoms with E-state index in [-0.39, 0.29) is 31.1 Å². The van der Waals surface area contributed by atoms with Gasteiger partial charge in [-0.1, -0.05) is 37.3 Å². The number of rotatable bonds is 5. The van der Waals surface area contributed by atoms with E-state index >= 15 is 0 Å². The van der Waals surface area contributed by atoms with Gasteiger partial charge in [-0.3, -0.25) is 4.79 Å². The van der Waals surface area contributed by atoms with Gasteiger partial charge in [-0.25, -0.2) is 0 Å². The van der Waals surface area contributed by atoms with Crippen LogP contribution in [-0.2, 0) is 4.79 Å². The van der Waals surface area contributed by atoms with Crippen LogP contribution in [0.15, 0.2) is 30.3 Å². The number of aliphatic carboxylic acids is 1. The van der Waals surface area contributed by atoms with Gasteiger partial charge in [0.05, 0.1) is 0 Å². The number of carbonyl (C=O) groups excluding carboxylic acids is 2. The Morgan fingerprint density at radius 1 is 1.25 bits per heavy atom. The maximum Gasteiger partial charge on any atom is 1.00 e. The van der Waals surface area contributed by atoms with Crippen molar-refractivity contribution in [3.63, 3.8) is 0 Å². The summed E-state index contributed by atoms with van der Waals surface area (Å²) in [7, 11) is 0. The molecule has 16 heavy (non-hydrogen) atoms. The van der Waals surface area contributed by atoms with Crippen LogP contribution >= 0.6 is 0 Å². The summed E-state index contributed by atoms with van der Waals surface area (Å²) in [5.74, 6) is -1.98. The molecule has 0 saturated heterocycles. The molecule has 0 bridgehead atoms. The quantitative estimate of drug-likeness (QED) is 0.420. The average Bonchev–Trinajstić information content (AvgIpc) is 2.26. The summed E-state index contributed by atoms with van der Waals surface area (Å²) in [5, 5.41) is 10.6. The van der Waals surface area contributed by atoms with E-state index in [2.05, 4.69) is 0 Å². The third kappa shape index (κ3) is 4.22. The van der Waals surface area contributed by atoms with Crippen LogP contribution < -0.4 is 24.0 Å². The normalized spacial score (nSPS) is 11.3. The fourth-order valence-electron chi connectivity index (χ4n) is 1.36. The van der Waals surface area contributed by atoms with Gasteiger partial charge in [-0.2, -0.15) is 0 Å². The van der Waals surface area contributed by atoms with Gasteiger partial charge in [-0.15, -0.1) is 0 Å². The van der Waals surface area contributed by atoms with Gasteiger partial charge < -0.3 is 9.90 Å². The summed E-state index contributed by atoms with van der Waals surface area (Å²) >= 11 is 0. The van der Waals surface area contributed by atoms with Crippen LogP contribution in [0.5, 0.6) is 0 Å². The molecule has 1 unspecified atom stereocenters. The van der Waals surface area contributed by atoms with E-state index in [0.29, 0.717) is 12.0 Å². The summed E-state index contributed by atoms with van der Waals surface area (Å²) in [6.45, 7) is 1.73. The SMILES string of the molecule is CCC(CC(=O)c1ccccc1)C(=O)[O-].[Li+]. The molecule has 1 aromatic rings. The topological polar surface area (TPSA) is 57.2 Å². The first kappa shape index (κ1) is 15.0. The molecule has 0 amide bonds. The maximum atomic E-state index is 11.6. The molecule has 0 spiro atoms. The molecular weight excluding hydrogens is 199 g/mol. The molecular formula is C12H13LiO3. The summed E-state index contributed by atoms with van der Waals surface area (Å²) in [5.41, 5.74) is 0.553. The molecule has 0 fully saturated rings. The maximum absolute atomic E-state index is 11.6. The number of carboxylic acids is 1. The zero-order valence-electron chi connectivity index (χ0n) is 9.60. The van der Waals surface area contributed by atoms with E-state index in [1.165, 1.54) is 0 Å². The van der Waals surface area contributed by atoms with Crippen LogP contribution in [0.25, 0.3) is 0 Å². The van der Waals surface area contributed by atoms with Gasteiger partial charge in [0, 0.05) is 23.9 Å². The predicted molar refractivity (Wildman–Crippen MR) is 54.2 cm³/mol. The first-order valence-corrected chi connectivity index (χ1v) is 4.94. The van der Waals surface area contributed by atoms with E-state index in [1.54, 1.807) is 31.2 Å². The molecule has 1 rings (SSSR count). The van der Waals surface area contributed by atoms with Crippen molar-refractivity contribution in [3.8, 4) is 0 Å². The number of hydrogen-bond acceptors (Lipinski definition) is 3. The summed E-state index contributed by atoms with van der Waals surface area (Å²) in [6, 6.07) is 8.70. The Bertz CT molecular complexity index is 349. The van der Waals surface area contributed by atoms with Gasteiger partial charge in [-0.05, 0) is 6.42 Å². The van der Waals surface area contributed by atoms with Crippen molar-refractivity contribution in [3.05, 3.63) is 35.9 Å². The van der Waals surface area contributed by atoms with Crippen LogP contribution in [0.1, 0.15) is 30.1 Å². The van der Waals surface area contributed by atoms with Crippen molar-refractivity contribution in [1.29, 1.82) is 0 Å². The Hall–Kier alpha value is -1.04. The van der Waals surface area contributed by atoms with E-state index in [4.69, 9.17) is 0 Å². The minimum Gasteiger partial charge on any atom is -0.550 e. The third-order valence-electron chi connectivity index (χ3n) is 2.35. The van der Waals surface area contributed by atoms with Crippen LogP contribution in [0.4, 0.5) is 0 Å². The van der Waals surface area contributed by atoms with Crippen LogP contribution in [-0.4, -0.2) is 11.8 Å². The standard InChI is InChI=1S/C12H14O3.Li/c1-2-9(12(14)15)8-11(13)10-6-4-3-5-7-10;/h3-7,9H,2,8H2,1H3,(H,14,15);/q;+1/p-1. The Labute approximate surface area is 107 Å². The van der Waals surface area contributed by atoms with Crippen molar-refractivity contribution in [2.75, 3.05) is 0 Å². The molecule has 0 aliphatic heterocycles. The fourth-order valence-corrected chi connectivity index (χ4v) is 1.36. The predicted octanol–water partition coefficient (Wildman–Crippen LogP) is -1.96. The van der Waals surface area contributed by atoms with Crippen molar-refractivity contribution in [1.82, 2.24) is 0 Å². The molecule has 1 aromatic carbocycles. The Kier molecular flexibility index (Phi) is 6.79. The van der Waals surface area contributed by atoms with Gasteiger partial charge in [0.25, 0.3) is 0 Å². The van der Waals surface area contributed by atoms with E-state index < -0.39 is 11.9 Å². The van der Waals surface area contributed by atoms with Gasteiger partial charge in [0.1, 0.15) is 0 Å². The summed E-state index contributed by atoms with van der Waals surface area (Å²) < 4.78 is 0. The Morgan fingerprint density at radius 2 is 1.81 bits per heavy atom. The minimum absolute atomic E-state index is 0. The number of benzene rings is 1. The summed E-state index contributed by atoms with van der Waals surface area (Å²) in [6.07, 6.45) is 0.434. The zero-order valence-corrected chi connectivity index (χ0v) is 9.60. The molecule has 0 heterocycles. The van der Waals surface area contributed by atoms with Gasteiger partial charge in [0.15, 0.2) is 5.78 Å². The first-order chi connectivity index (χ1) is 7.15. The second-order valence-electron chi connectivity index (χ2n) is 3.42. The molecule has 80 valence electrons. The van der Waals surface area contributed by atoms with Crippen LogP contribution in [0.3, 0.4) is 0 Å². The minimum atomic E-state index is -1.15. The number of hydrogen-bond donors (Lipinski definition) is 0. The molecule has 0 radical (unpaired) electrons. The number of Topliss-reactive ketones (excluding diaryl/α,β-unsaturated/α-hetero) is 1. The number of carbonyl (C=O) groups is 2. The molecule has 0 aliphatic carbocycles. The number of ketones is 1. The van der Waals surface area contributed by atoms with Crippen molar-refractivity contribution in [2.24, 2.45) is 5.92 Å². The van der Waals surface area contributed by atoms with Crippen LogP contribution in [0, 0.1) is 5.92 Å². The van der Waals surface area contributed by atoms with Crippen molar-refractivity contribution in [2.45, 2.75) is 19.8 Å². The van der Waals surface area contributed by atoms with Crippen LogP contribution in [0.2, 0.25) is 0 Å². The van der Waals surface area contributed by atoms with Crippen molar-refractivity contribution >= 4 is 11.8 Å². The molecule has 0 aromatic heterocycles. The van der Waals surface area contributed by atoms with Gasteiger partial charge in [0.2, 0.25) is 0 Å². The monoisotopic (exact) mass is 212 g/mol. The molecule has 4 heteroatoms. The number of carboxylic acid groups (broad SMARTS) is 1.